The topological polar surface area (TPSA) is 207 Å². The van der Waals surface area contributed by atoms with E-state index in [9.17, 15) is 27.8 Å². The van der Waals surface area contributed by atoms with Crippen LogP contribution in [0.1, 0.15) is 19.6 Å². The van der Waals surface area contributed by atoms with Gasteiger partial charge in [0.15, 0.2) is 16.7 Å². The molecule has 1 aliphatic rings. The number of aromatic amines is 1. The van der Waals surface area contributed by atoms with Crippen molar-refractivity contribution >= 4 is 35.7 Å². The maximum atomic E-state index is 14.9. The van der Waals surface area contributed by atoms with E-state index in [0.29, 0.717) is 0 Å². The predicted molar refractivity (Wildman–Crippen MR) is 93.7 cm³/mol. The molecule has 166 valence electrons. The van der Waals surface area contributed by atoms with Gasteiger partial charge < -0.3 is 24.3 Å². The van der Waals surface area contributed by atoms with Crippen LogP contribution >= 0.6 is 35.7 Å². The van der Waals surface area contributed by atoms with Crippen molar-refractivity contribution in [2.75, 3.05) is 6.61 Å². The summed E-state index contributed by atoms with van der Waals surface area (Å²) >= 11 is 4.93. The molecule has 5 N–H and O–H groups in total. The Morgan fingerprint density at radius 1 is 1.31 bits per heavy atom. The third-order valence-electron chi connectivity index (χ3n) is 3.41. The standard InChI is InChI=1S/C10H16FN2O12P3S/c1-10(11)4-6(23-8(10)13-3-2-7(14)12-9(13)29)5-22-27(18,19)25-28(20,21)24-26(15,16)17/h2-3,6,8H,4-5H2,1H3,(H,18,19)(H,20,21)(H,12,14,29)(H2,15,16,17)/t6?,8-,10-/m1/s1. The quantitative estimate of drug-likeness (QED) is 0.252. The minimum atomic E-state index is -5.66. The zero-order valence-electron chi connectivity index (χ0n) is 14.4. The highest BCUT2D eigenvalue weighted by Crippen LogP contribution is 2.66. The first-order valence-corrected chi connectivity index (χ1v) is 12.4. The molecule has 5 atom stereocenters. The van der Waals surface area contributed by atoms with Crippen molar-refractivity contribution in [3.05, 3.63) is 27.4 Å². The maximum Gasteiger partial charge on any atom is 0.490 e. The molecule has 2 rings (SSSR count). The molecule has 19 heteroatoms. The third kappa shape index (κ3) is 7.24. The summed E-state index contributed by atoms with van der Waals surface area (Å²) in [7, 11) is -16.5. The lowest BCUT2D eigenvalue weighted by Gasteiger charge is -2.23. The van der Waals surface area contributed by atoms with E-state index in [2.05, 4.69) is 18.1 Å². The normalized spacial score (nSPS) is 29.3. The van der Waals surface area contributed by atoms with Gasteiger partial charge in [-0.1, -0.05) is 0 Å². The molecule has 0 saturated carbocycles. The molecule has 3 unspecified atom stereocenters. The molecule has 0 bridgehead atoms. The van der Waals surface area contributed by atoms with Gasteiger partial charge in [0.05, 0.1) is 12.7 Å². The number of aromatic nitrogens is 2. The first kappa shape index (κ1) is 24.7. The van der Waals surface area contributed by atoms with Crippen LogP contribution in [0.5, 0.6) is 0 Å². The molecular formula is C10H16FN2O12P3S. The number of nitrogens with zero attached hydrogens (tertiary/aromatic N) is 1. The van der Waals surface area contributed by atoms with Gasteiger partial charge in [-0.2, -0.15) is 8.62 Å². The molecule has 1 aromatic rings. The number of nitrogens with one attached hydrogen (secondary N) is 1. The summed E-state index contributed by atoms with van der Waals surface area (Å²) in [5.74, 6) is 0. The van der Waals surface area contributed by atoms with Crippen LogP contribution < -0.4 is 5.56 Å². The summed E-state index contributed by atoms with van der Waals surface area (Å²) in [6.07, 6.45) is -1.67. The molecule has 0 spiro atoms. The molecule has 14 nitrogen and oxygen atoms in total. The van der Waals surface area contributed by atoms with Gasteiger partial charge in [-0.3, -0.25) is 18.9 Å². The van der Waals surface area contributed by atoms with Gasteiger partial charge in [0.25, 0.3) is 5.56 Å². The summed E-state index contributed by atoms with van der Waals surface area (Å²) in [4.78, 5) is 48.9. The fourth-order valence-corrected chi connectivity index (χ4v) is 5.77. The summed E-state index contributed by atoms with van der Waals surface area (Å²) in [5, 5.41) is 0. The number of halogens is 1. The summed E-state index contributed by atoms with van der Waals surface area (Å²) < 4.78 is 66.3. The SMILES string of the molecule is C[C@@]1(F)CC(COP(=O)(O)OP(=O)(O)OP(=O)(O)O)O[C@H]1n1ccc(=O)[nH]c1=S. The van der Waals surface area contributed by atoms with E-state index < -0.39 is 53.6 Å². The molecule has 0 aromatic carbocycles. The van der Waals surface area contributed by atoms with Crippen molar-refractivity contribution in [3.63, 3.8) is 0 Å². The number of alkyl halides is 1. The van der Waals surface area contributed by atoms with Crippen LogP contribution in [0.25, 0.3) is 0 Å². The summed E-state index contributed by atoms with van der Waals surface area (Å²) in [6.45, 7) is 0.339. The Balaban J connectivity index is 2.05. The van der Waals surface area contributed by atoms with E-state index in [4.69, 9.17) is 31.6 Å². The number of rotatable bonds is 8. The van der Waals surface area contributed by atoms with E-state index in [1.165, 1.54) is 6.20 Å². The highest BCUT2D eigenvalue weighted by Gasteiger charge is 2.48. The van der Waals surface area contributed by atoms with Crippen molar-refractivity contribution in [1.82, 2.24) is 9.55 Å². The van der Waals surface area contributed by atoms with Crippen molar-refractivity contribution in [3.8, 4) is 0 Å². The lowest BCUT2D eigenvalue weighted by atomic mass is 10.0. The second kappa shape index (κ2) is 8.50. The van der Waals surface area contributed by atoms with Gasteiger partial charge >= 0.3 is 23.5 Å². The number of hydrogen-bond donors (Lipinski definition) is 5. The van der Waals surface area contributed by atoms with E-state index in [0.717, 1.165) is 17.6 Å². The Labute approximate surface area is 166 Å². The second-order valence-corrected chi connectivity index (χ2v) is 10.8. The van der Waals surface area contributed by atoms with E-state index in [1.807, 2.05) is 0 Å². The summed E-state index contributed by atoms with van der Waals surface area (Å²) in [5.41, 5.74) is -2.57. The fraction of sp³-hybridized carbons (Fsp3) is 0.600. The van der Waals surface area contributed by atoms with Gasteiger partial charge in [0.2, 0.25) is 0 Å². The first-order chi connectivity index (χ1) is 13.0. The largest absolute Gasteiger partial charge is 0.490 e. The van der Waals surface area contributed by atoms with Crippen LogP contribution in [0.2, 0.25) is 0 Å². The summed E-state index contributed by atoms with van der Waals surface area (Å²) in [6, 6.07) is 1.08. The van der Waals surface area contributed by atoms with Gasteiger partial charge in [0.1, 0.15) is 0 Å². The van der Waals surface area contributed by atoms with Crippen LogP contribution in [0.4, 0.5) is 4.39 Å². The molecule has 2 heterocycles. The average Bonchev–Trinajstić information content (AvgIpc) is 2.76. The number of H-pyrrole nitrogens is 1. The highest BCUT2D eigenvalue weighted by atomic mass is 32.1. The average molecular weight is 500 g/mol. The van der Waals surface area contributed by atoms with Gasteiger partial charge in [0, 0.05) is 18.7 Å². The maximum absolute atomic E-state index is 14.9. The molecule has 29 heavy (non-hydrogen) atoms. The molecule has 0 amide bonds. The molecule has 1 saturated heterocycles. The van der Waals surface area contributed by atoms with Crippen molar-refractivity contribution in [2.45, 2.75) is 31.3 Å². The van der Waals surface area contributed by atoms with Crippen LogP contribution in [0.3, 0.4) is 0 Å². The predicted octanol–water partition coefficient (Wildman–Crippen LogP) is 1.26. The van der Waals surface area contributed by atoms with Crippen molar-refractivity contribution in [2.24, 2.45) is 0 Å². The minimum Gasteiger partial charge on any atom is -0.349 e. The zero-order chi connectivity index (χ0) is 22.3. The Kier molecular flexibility index (Phi) is 7.23. The smallest absolute Gasteiger partial charge is 0.349 e. The van der Waals surface area contributed by atoms with Gasteiger partial charge in [-0.15, -0.1) is 0 Å². The Bertz CT molecular complexity index is 1020. The molecule has 1 aliphatic heterocycles. The Hall–Kier alpha value is -0.600. The zero-order valence-corrected chi connectivity index (χ0v) is 17.9. The van der Waals surface area contributed by atoms with Gasteiger partial charge in [-0.05, 0) is 19.1 Å². The second-order valence-electron chi connectivity index (χ2n) is 6.00. The number of phosphoric ester groups is 1. The van der Waals surface area contributed by atoms with E-state index in [1.54, 1.807) is 0 Å². The molecule has 0 aliphatic carbocycles. The molecule has 1 aromatic heterocycles. The lowest BCUT2D eigenvalue weighted by molar-refractivity contribution is -0.0594. The van der Waals surface area contributed by atoms with Crippen LogP contribution in [-0.2, 0) is 31.6 Å². The Morgan fingerprint density at radius 3 is 2.48 bits per heavy atom. The minimum absolute atomic E-state index is 0.139. The molecule has 1 fully saturated rings. The third-order valence-corrected chi connectivity index (χ3v) is 7.52. The van der Waals surface area contributed by atoms with E-state index in [-0.39, 0.29) is 11.2 Å². The first-order valence-electron chi connectivity index (χ1n) is 7.44. The monoisotopic (exact) mass is 500 g/mol. The molecular weight excluding hydrogens is 484 g/mol. The van der Waals surface area contributed by atoms with Crippen LogP contribution in [0, 0.1) is 4.77 Å². The van der Waals surface area contributed by atoms with Crippen molar-refractivity contribution in [1.29, 1.82) is 0 Å². The lowest BCUT2D eigenvalue weighted by Crippen LogP contribution is -2.29. The molecule has 0 radical (unpaired) electrons. The van der Waals surface area contributed by atoms with Crippen LogP contribution in [-0.4, -0.2) is 47.5 Å². The highest BCUT2D eigenvalue weighted by molar-refractivity contribution is 7.71. The van der Waals surface area contributed by atoms with E-state index >= 15 is 0 Å². The number of hydrogen-bond acceptors (Lipinski definition) is 9. The number of phosphoric acid groups is 3. The Morgan fingerprint density at radius 2 is 1.93 bits per heavy atom. The fourth-order valence-electron chi connectivity index (χ4n) is 2.46. The number of ether oxygens (including phenoxy) is 1. The van der Waals surface area contributed by atoms with Gasteiger partial charge in [-0.25, -0.2) is 18.1 Å². The van der Waals surface area contributed by atoms with Crippen molar-refractivity contribution < 1.29 is 55.5 Å². The van der Waals surface area contributed by atoms with Crippen LogP contribution in [0.15, 0.2) is 17.1 Å².